The number of aromatic hydroxyl groups is 1. The number of ether oxygens (including phenoxy) is 2. The lowest BCUT2D eigenvalue weighted by Crippen LogP contribution is -2.42. The van der Waals surface area contributed by atoms with Crippen LogP contribution in [0.25, 0.3) is 0 Å². The minimum absolute atomic E-state index is 0.140. The molecule has 0 bridgehead atoms. The molecule has 2 N–H and O–H groups in total. The van der Waals surface area contributed by atoms with Crippen LogP contribution in [0.15, 0.2) is 12.3 Å². The maximum Gasteiger partial charge on any atom is 0.328 e. The molecule has 7 heteroatoms. The number of aromatic nitrogens is 1. The number of carbonyl (C=O) groups is 2. The van der Waals surface area contributed by atoms with Gasteiger partial charge in [-0.3, -0.25) is 4.79 Å². The number of hydrogen-bond donors (Lipinski definition) is 2. The summed E-state index contributed by atoms with van der Waals surface area (Å²) in [6, 6.07) is 0.598. The number of esters is 1. The molecule has 1 aromatic rings. The van der Waals surface area contributed by atoms with Crippen molar-refractivity contribution in [3.63, 3.8) is 0 Å². The van der Waals surface area contributed by atoms with Crippen LogP contribution in [0, 0.1) is 5.92 Å². The van der Waals surface area contributed by atoms with Crippen molar-refractivity contribution < 1.29 is 24.2 Å². The summed E-state index contributed by atoms with van der Waals surface area (Å²) in [5, 5.41) is 12.5. The standard InChI is InChI=1S/C18H26N2O5/c1-11(18(23)25-12(2)13-7-5-4-6-8-13)20-17(22)15-16(21)14(24-3)9-10-19-15/h9-13,21H,4-8H2,1-3H3,(H,20,22)/t11-,12?/m0/s1. The first-order valence-electron chi connectivity index (χ1n) is 8.67. The van der Waals surface area contributed by atoms with Gasteiger partial charge in [0.05, 0.1) is 7.11 Å². The summed E-state index contributed by atoms with van der Waals surface area (Å²) in [4.78, 5) is 28.3. The fraction of sp³-hybridized carbons (Fsp3) is 0.611. The van der Waals surface area contributed by atoms with Crippen LogP contribution < -0.4 is 10.1 Å². The van der Waals surface area contributed by atoms with E-state index in [1.807, 2.05) is 6.92 Å². The first-order chi connectivity index (χ1) is 11.9. The van der Waals surface area contributed by atoms with Crippen LogP contribution in [0.3, 0.4) is 0 Å². The molecule has 1 unspecified atom stereocenters. The second-order valence-corrected chi connectivity index (χ2v) is 6.45. The Bertz CT molecular complexity index is 613. The van der Waals surface area contributed by atoms with Crippen molar-refractivity contribution in [2.75, 3.05) is 7.11 Å². The average Bonchev–Trinajstić information content (AvgIpc) is 2.62. The number of hydrogen-bond acceptors (Lipinski definition) is 6. The van der Waals surface area contributed by atoms with Crippen molar-refractivity contribution in [3.05, 3.63) is 18.0 Å². The van der Waals surface area contributed by atoms with Gasteiger partial charge in [0.15, 0.2) is 17.2 Å². The Morgan fingerprint density at radius 3 is 2.60 bits per heavy atom. The molecule has 1 aliphatic rings. The molecule has 2 atom stereocenters. The van der Waals surface area contributed by atoms with E-state index in [1.54, 1.807) is 6.92 Å². The fourth-order valence-electron chi connectivity index (χ4n) is 3.08. The van der Waals surface area contributed by atoms with Crippen molar-refractivity contribution in [3.8, 4) is 11.5 Å². The maximum atomic E-state index is 12.2. The van der Waals surface area contributed by atoms with Gasteiger partial charge in [-0.2, -0.15) is 0 Å². The Labute approximate surface area is 147 Å². The van der Waals surface area contributed by atoms with Crippen molar-refractivity contribution in [1.29, 1.82) is 0 Å². The second-order valence-electron chi connectivity index (χ2n) is 6.45. The number of pyridine rings is 1. The summed E-state index contributed by atoms with van der Waals surface area (Å²) in [7, 11) is 1.38. The third-order valence-corrected chi connectivity index (χ3v) is 4.64. The van der Waals surface area contributed by atoms with E-state index in [9.17, 15) is 14.7 Å². The summed E-state index contributed by atoms with van der Waals surface area (Å²) in [5.41, 5.74) is -0.195. The normalized spacial score (nSPS) is 17.4. The summed E-state index contributed by atoms with van der Waals surface area (Å²) in [6.45, 7) is 3.45. The maximum absolute atomic E-state index is 12.2. The van der Waals surface area contributed by atoms with Crippen LogP contribution in [0.5, 0.6) is 11.5 Å². The van der Waals surface area contributed by atoms with Crippen molar-refractivity contribution in [2.24, 2.45) is 5.92 Å². The summed E-state index contributed by atoms with van der Waals surface area (Å²) < 4.78 is 10.4. The highest BCUT2D eigenvalue weighted by Gasteiger charge is 2.27. The molecule has 138 valence electrons. The van der Waals surface area contributed by atoms with Gasteiger partial charge in [-0.1, -0.05) is 19.3 Å². The van der Waals surface area contributed by atoms with Crippen molar-refractivity contribution in [1.82, 2.24) is 10.3 Å². The van der Waals surface area contributed by atoms with Crippen LogP contribution in [-0.2, 0) is 9.53 Å². The van der Waals surface area contributed by atoms with Gasteiger partial charge in [-0.05, 0) is 32.6 Å². The largest absolute Gasteiger partial charge is 0.503 e. The van der Waals surface area contributed by atoms with Gasteiger partial charge >= 0.3 is 5.97 Å². The van der Waals surface area contributed by atoms with Crippen LogP contribution in [0.4, 0.5) is 0 Å². The molecule has 0 aliphatic heterocycles. The molecule has 1 heterocycles. The minimum Gasteiger partial charge on any atom is -0.503 e. The van der Waals surface area contributed by atoms with Gasteiger partial charge < -0.3 is 19.9 Å². The summed E-state index contributed by atoms with van der Waals surface area (Å²) in [6.07, 6.45) is 6.88. The number of rotatable bonds is 6. The smallest absolute Gasteiger partial charge is 0.328 e. The second kappa shape index (κ2) is 8.69. The number of nitrogens with one attached hydrogen (secondary N) is 1. The third kappa shape index (κ3) is 4.84. The zero-order chi connectivity index (χ0) is 18.4. The molecule has 1 aliphatic carbocycles. The molecule has 1 aromatic heterocycles. The lowest BCUT2D eigenvalue weighted by molar-refractivity contribution is -0.153. The Kier molecular flexibility index (Phi) is 6.61. The molecule has 0 radical (unpaired) electrons. The molecule has 1 saturated carbocycles. The van der Waals surface area contributed by atoms with E-state index in [0.29, 0.717) is 5.92 Å². The highest BCUT2D eigenvalue weighted by atomic mass is 16.5. The molecule has 0 aromatic carbocycles. The van der Waals surface area contributed by atoms with E-state index >= 15 is 0 Å². The molecule has 0 saturated heterocycles. The number of methoxy groups -OCH3 is 1. The SMILES string of the molecule is COc1ccnc(C(=O)N[C@@H](C)C(=O)OC(C)C2CCCCC2)c1O. The molecule has 0 spiro atoms. The average molecular weight is 350 g/mol. The van der Waals surface area contributed by atoms with Crippen LogP contribution in [0.2, 0.25) is 0 Å². The Hall–Kier alpha value is -2.31. The van der Waals surface area contributed by atoms with Gasteiger partial charge in [-0.15, -0.1) is 0 Å². The lowest BCUT2D eigenvalue weighted by atomic mass is 9.86. The van der Waals surface area contributed by atoms with E-state index in [4.69, 9.17) is 9.47 Å². The zero-order valence-electron chi connectivity index (χ0n) is 14.9. The Balaban J connectivity index is 1.93. The van der Waals surface area contributed by atoms with Crippen LogP contribution >= 0.6 is 0 Å². The van der Waals surface area contributed by atoms with Crippen molar-refractivity contribution >= 4 is 11.9 Å². The van der Waals surface area contributed by atoms with Gasteiger partial charge in [0.2, 0.25) is 0 Å². The molecule has 1 fully saturated rings. The van der Waals surface area contributed by atoms with E-state index in [-0.39, 0.29) is 23.3 Å². The first-order valence-corrected chi connectivity index (χ1v) is 8.67. The molecule has 2 rings (SSSR count). The van der Waals surface area contributed by atoms with E-state index in [0.717, 1.165) is 12.8 Å². The predicted molar refractivity (Wildman–Crippen MR) is 91.5 cm³/mol. The first kappa shape index (κ1) is 19.0. The topological polar surface area (TPSA) is 97.8 Å². The molecule has 1 amide bonds. The van der Waals surface area contributed by atoms with Gasteiger partial charge in [0, 0.05) is 12.3 Å². The summed E-state index contributed by atoms with van der Waals surface area (Å²) in [5.74, 6) is -0.996. The quantitative estimate of drug-likeness (QED) is 0.765. The zero-order valence-corrected chi connectivity index (χ0v) is 14.9. The monoisotopic (exact) mass is 350 g/mol. The number of amides is 1. The minimum atomic E-state index is -0.842. The van der Waals surface area contributed by atoms with E-state index in [2.05, 4.69) is 10.3 Å². The van der Waals surface area contributed by atoms with E-state index in [1.165, 1.54) is 38.6 Å². The number of nitrogens with zero attached hydrogens (tertiary/aromatic N) is 1. The summed E-state index contributed by atoms with van der Waals surface area (Å²) >= 11 is 0. The van der Waals surface area contributed by atoms with E-state index < -0.39 is 17.9 Å². The van der Waals surface area contributed by atoms with Crippen molar-refractivity contribution in [2.45, 2.75) is 58.1 Å². The highest BCUT2D eigenvalue weighted by molar-refractivity contribution is 5.97. The third-order valence-electron chi connectivity index (χ3n) is 4.64. The predicted octanol–water partition coefficient (Wildman–Crippen LogP) is 2.43. The number of carbonyl (C=O) groups excluding carboxylic acids is 2. The van der Waals surface area contributed by atoms with Crippen LogP contribution in [0.1, 0.15) is 56.4 Å². The fourth-order valence-corrected chi connectivity index (χ4v) is 3.08. The Morgan fingerprint density at radius 2 is 1.96 bits per heavy atom. The lowest BCUT2D eigenvalue weighted by Gasteiger charge is -2.28. The van der Waals surface area contributed by atoms with Gasteiger partial charge in [-0.25, -0.2) is 9.78 Å². The highest BCUT2D eigenvalue weighted by Crippen LogP contribution is 2.28. The molecular weight excluding hydrogens is 324 g/mol. The Morgan fingerprint density at radius 1 is 1.28 bits per heavy atom. The molecule has 7 nitrogen and oxygen atoms in total. The molecule has 25 heavy (non-hydrogen) atoms. The van der Waals surface area contributed by atoms with Gasteiger partial charge in [0.1, 0.15) is 12.1 Å². The van der Waals surface area contributed by atoms with Crippen LogP contribution in [-0.4, -0.2) is 41.2 Å². The molecular formula is C18H26N2O5. The van der Waals surface area contributed by atoms with Gasteiger partial charge in [0.25, 0.3) is 5.91 Å².